The number of anilines is 1. The molecule has 1 saturated heterocycles. The number of rotatable bonds is 6. The van der Waals surface area contributed by atoms with E-state index < -0.39 is 12.5 Å². The van der Waals surface area contributed by atoms with Crippen molar-refractivity contribution in [3.05, 3.63) is 48.0 Å². The first-order valence-electron chi connectivity index (χ1n) is 12.0. The van der Waals surface area contributed by atoms with E-state index in [0.717, 1.165) is 17.5 Å². The van der Waals surface area contributed by atoms with Crippen molar-refractivity contribution in [1.82, 2.24) is 24.8 Å². The van der Waals surface area contributed by atoms with Gasteiger partial charge < -0.3 is 26.4 Å². The molecule has 3 amide bonds. The summed E-state index contributed by atoms with van der Waals surface area (Å²) in [6.07, 6.45) is 5.77. The van der Waals surface area contributed by atoms with E-state index in [0.29, 0.717) is 47.4 Å². The minimum absolute atomic E-state index is 0.0857. The van der Waals surface area contributed by atoms with Crippen molar-refractivity contribution in [3.63, 3.8) is 0 Å². The van der Waals surface area contributed by atoms with Crippen molar-refractivity contribution >= 4 is 28.9 Å². The van der Waals surface area contributed by atoms with E-state index in [1.807, 2.05) is 18.3 Å². The standard InChI is InChI=1S/C25H29N7O4/c1-13-18-11-31(22(34)12-33)9-16(18)5-20(13)30-23-17(24(26)35)8-29-32-10-15(6-21(23)32)14-3-4-19(28-7-14)25(36)27-2/h3-4,6-8,10,13,16,18,20,30,33H,5,9,11-12H2,1-2H3,(H2,26,35)(H,27,36)/t13-,16-,18-,20-/m1/s1. The zero-order valence-corrected chi connectivity index (χ0v) is 20.1. The van der Waals surface area contributed by atoms with Crippen LogP contribution < -0.4 is 16.4 Å². The Morgan fingerprint density at radius 2 is 2.00 bits per heavy atom. The normalized spacial score (nSPS) is 23.0. The fourth-order valence-corrected chi connectivity index (χ4v) is 5.64. The van der Waals surface area contributed by atoms with Gasteiger partial charge in [-0.25, -0.2) is 4.52 Å². The predicted octanol–water partition coefficient (Wildman–Crippen LogP) is 0.742. The van der Waals surface area contributed by atoms with E-state index in [1.165, 1.54) is 6.20 Å². The summed E-state index contributed by atoms with van der Waals surface area (Å²) in [4.78, 5) is 42.0. The molecular formula is C25H29N7O4. The van der Waals surface area contributed by atoms with E-state index in [4.69, 9.17) is 5.73 Å². The minimum atomic E-state index is -0.572. The Balaban J connectivity index is 1.44. The minimum Gasteiger partial charge on any atom is -0.387 e. The van der Waals surface area contributed by atoms with Crippen molar-refractivity contribution in [3.8, 4) is 11.1 Å². The molecule has 188 valence electrons. The molecule has 11 heteroatoms. The van der Waals surface area contributed by atoms with Crippen molar-refractivity contribution in [2.45, 2.75) is 19.4 Å². The van der Waals surface area contributed by atoms with Gasteiger partial charge in [0.1, 0.15) is 12.3 Å². The van der Waals surface area contributed by atoms with Gasteiger partial charge in [0.05, 0.1) is 23.0 Å². The van der Waals surface area contributed by atoms with Gasteiger partial charge in [0.2, 0.25) is 5.91 Å². The van der Waals surface area contributed by atoms with Gasteiger partial charge in [-0.15, -0.1) is 0 Å². The molecule has 0 unspecified atom stereocenters. The Bertz CT molecular complexity index is 1340. The van der Waals surface area contributed by atoms with Gasteiger partial charge in [-0.05, 0) is 36.3 Å². The van der Waals surface area contributed by atoms with Crippen LogP contribution in [0.4, 0.5) is 5.69 Å². The van der Waals surface area contributed by atoms with Crippen LogP contribution in [0, 0.1) is 17.8 Å². The van der Waals surface area contributed by atoms with Crippen LogP contribution in [0.2, 0.25) is 0 Å². The summed E-state index contributed by atoms with van der Waals surface area (Å²) >= 11 is 0. The molecule has 2 aliphatic rings. The van der Waals surface area contributed by atoms with Crippen molar-refractivity contribution in [2.75, 3.05) is 32.1 Å². The zero-order chi connectivity index (χ0) is 25.6. The van der Waals surface area contributed by atoms with Crippen LogP contribution in [0.25, 0.3) is 16.6 Å². The number of carbonyl (C=O) groups excluding carboxylic acids is 3. The summed E-state index contributed by atoms with van der Waals surface area (Å²) in [5, 5.41) is 19.7. The number of carbonyl (C=O) groups is 3. The largest absolute Gasteiger partial charge is 0.387 e. The molecule has 2 fully saturated rings. The molecule has 0 spiro atoms. The van der Waals surface area contributed by atoms with Crippen LogP contribution >= 0.6 is 0 Å². The molecule has 3 aromatic heterocycles. The van der Waals surface area contributed by atoms with Gasteiger partial charge in [0.15, 0.2) is 0 Å². The maximum absolute atomic E-state index is 12.3. The third-order valence-electron chi connectivity index (χ3n) is 7.64. The number of aliphatic hydroxyl groups is 1. The monoisotopic (exact) mass is 491 g/mol. The average Bonchev–Trinajstić information content (AvgIpc) is 3.58. The van der Waals surface area contributed by atoms with E-state index in [1.54, 1.807) is 28.7 Å². The third-order valence-corrected chi connectivity index (χ3v) is 7.64. The van der Waals surface area contributed by atoms with Crippen molar-refractivity contribution in [1.29, 1.82) is 0 Å². The van der Waals surface area contributed by atoms with Crippen LogP contribution in [0.1, 0.15) is 34.2 Å². The number of amides is 3. The molecule has 0 radical (unpaired) electrons. The molecule has 1 saturated carbocycles. The van der Waals surface area contributed by atoms with Crippen LogP contribution in [-0.2, 0) is 4.79 Å². The number of pyridine rings is 1. The zero-order valence-electron chi connectivity index (χ0n) is 20.1. The number of likely N-dealkylation sites (tertiary alicyclic amines) is 1. The molecule has 4 heterocycles. The molecule has 0 bridgehead atoms. The number of nitrogens with two attached hydrogens (primary N) is 1. The van der Waals surface area contributed by atoms with Crippen LogP contribution in [0.5, 0.6) is 0 Å². The second kappa shape index (κ2) is 9.23. The smallest absolute Gasteiger partial charge is 0.269 e. The molecular weight excluding hydrogens is 462 g/mol. The number of hydrogen-bond donors (Lipinski definition) is 4. The van der Waals surface area contributed by atoms with Gasteiger partial charge in [-0.2, -0.15) is 5.10 Å². The molecule has 11 nitrogen and oxygen atoms in total. The number of aromatic nitrogens is 3. The SMILES string of the molecule is CNC(=O)c1ccc(-c2cc3c(N[C@@H]4C[C@@H]5CN(C(=O)CO)C[C@@H]5[C@H]4C)c(C(N)=O)cnn3c2)cn1. The van der Waals surface area contributed by atoms with E-state index in [2.05, 4.69) is 27.6 Å². The molecule has 3 aromatic rings. The summed E-state index contributed by atoms with van der Waals surface area (Å²) in [6, 6.07) is 5.47. The Labute approximate surface area is 207 Å². The summed E-state index contributed by atoms with van der Waals surface area (Å²) in [5.74, 6) is -0.169. The Morgan fingerprint density at radius 1 is 1.19 bits per heavy atom. The fourth-order valence-electron chi connectivity index (χ4n) is 5.64. The predicted molar refractivity (Wildman–Crippen MR) is 132 cm³/mol. The number of nitrogens with zero attached hydrogens (tertiary/aromatic N) is 4. The summed E-state index contributed by atoms with van der Waals surface area (Å²) in [7, 11) is 1.55. The van der Waals surface area contributed by atoms with Gasteiger partial charge >= 0.3 is 0 Å². The lowest BCUT2D eigenvalue weighted by atomic mass is 9.93. The van der Waals surface area contributed by atoms with Crippen LogP contribution in [0.3, 0.4) is 0 Å². The van der Waals surface area contributed by atoms with Gasteiger partial charge in [0, 0.05) is 49.7 Å². The number of hydrogen-bond acceptors (Lipinski definition) is 7. The first-order chi connectivity index (χ1) is 17.3. The second-order valence-electron chi connectivity index (χ2n) is 9.59. The average molecular weight is 492 g/mol. The molecule has 5 rings (SSSR count). The molecule has 1 aliphatic carbocycles. The third kappa shape index (κ3) is 4.05. The lowest BCUT2D eigenvalue weighted by Gasteiger charge is -2.25. The first-order valence-corrected chi connectivity index (χ1v) is 12.0. The molecule has 4 atom stereocenters. The Hall–Kier alpha value is -3.99. The Morgan fingerprint density at radius 3 is 2.64 bits per heavy atom. The molecule has 5 N–H and O–H groups in total. The van der Waals surface area contributed by atoms with E-state index in [-0.39, 0.29) is 23.8 Å². The summed E-state index contributed by atoms with van der Waals surface area (Å²) in [6.45, 7) is 2.95. The quantitative estimate of drug-likeness (QED) is 0.396. The molecule has 36 heavy (non-hydrogen) atoms. The molecule has 1 aliphatic heterocycles. The van der Waals surface area contributed by atoms with E-state index in [9.17, 15) is 19.5 Å². The lowest BCUT2D eigenvalue weighted by Crippen LogP contribution is -2.35. The fraction of sp³-hybridized carbons (Fsp3) is 0.400. The number of primary amides is 1. The lowest BCUT2D eigenvalue weighted by molar-refractivity contribution is -0.133. The van der Waals surface area contributed by atoms with Crippen molar-refractivity contribution < 1.29 is 19.5 Å². The Kier molecular flexibility index (Phi) is 6.09. The highest BCUT2D eigenvalue weighted by atomic mass is 16.3. The maximum atomic E-state index is 12.3. The first kappa shape index (κ1) is 23.7. The number of aliphatic hydroxyl groups excluding tert-OH is 1. The van der Waals surface area contributed by atoms with Gasteiger partial charge in [-0.1, -0.05) is 13.0 Å². The van der Waals surface area contributed by atoms with Crippen LogP contribution in [0.15, 0.2) is 36.8 Å². The number of fused-ring (bicyclic) bond motifs is 2. The van der Waals surface area contributed by atoms with E-state index >= 15 is 0 Å². The summed E-state index contributed by atoms with van der Waals surface area (Å²) in [5.41, 5.74) is 9.30. The van der Waals surface area contributed by atoms with Gasteiger partial charge in [-0.3, -0.25) is 19.4 Å². The summed E-state index contributed by atoms with van der Waals surface area (Å²) < 4.78 is 1.69. The van der Waals surface area contributed by atoms with Crippen LogP contribution in [-0.4, -0.2) is 75.1 Å². The highest BCUT2D eigenvalue weighted by molar-refractivity contribution is 6.02. The molecule has 0 aromatic carbocycles. The topological polar surface area (TPSA) is 155 Å². The second-order valence-corrected chi connectivity index (χ2v) is 9.59. The number of nitrogens with one attached hydrogen (secondary N) is 2. The maximum Gasteiger partial charge on any atom is 0.269 e. The highest BCUT2D eigenvalue weighted by Gasteiger charge is 2.47. The highest BCUT2D eigenvalue weighted by Crippen LogP contribution is 2.44. The van der Waals surface area contributed by atoms with Crippen molar-refractivity contribution in [2.24, 2.45) is 23.5 Å². The van der Waals surface area contributed by atoms with Gasteiger partial charge in [0.25, 0.3) is 11.8 Å².